The van der Waals surface area contributed by atoms with Crippen LogP contribution in [0.3, 0.4) is 0 Å². The van der Waals surface area contributed by atoms with Crippen molar-refractivity contribution in [2.45, 2.75) is 39.7 Å². The quantitative estimate of drug-likeness (QED) is 0.893. The minimum Gasteiger partial charge on any atom is -0.313 e. The van der Waals surface area contributed by atoms with Gasteiger partial charge in [-0.1, -0.05) is 42.3 Å². The molecule has 0 saturated heterocycles. The Kier molecular flexibility index (Phi) is 4.91. The molecule has 1 heterocycles. The lowest BCUT2D eigenvalue weighted by Crippen LogP contribution is -2.19. The minimum absolute atomic E-state index is 0.313. The number of aryl methyl sites for hydroxylation is 3. The minimum atomic E-state index is 0.313. The molecular weight excluding hydrogens is 244 g/mol. The molecule has 1 aromatic carbocycles. The molecule has 1 aromatic heterocycles. The zero-order chi connectivity index (χ0) is 14.5. The average molecular weight is 268 g/mol. The van der Waals surface area contributed by atoms with E-state index in [4.69, 9.17) is 0 Å². The Labute approximate surface area is 122 Å². The third-order valence-electron chi connectivity index (χ3n) is 3.70. The summed E-state index contributed by atoms with van der Waals surface area (Å²) in [6.07, 6.45) is 3.95. The lowest BCUT2D eigenvalue weighted by atomic mass is 9.97. The molecule has 2 rings (SSSR count). The molecule has 1 unspecified atom stereocenters. The SMILES string of the molecule is CCc1ccc(CC(NC)c2cc(C)cc(C)c2)nc1. The molecule has 1 atom stereocenters. The molecule has 2 heteroatoms. The van der Waals surface area contributed by atoms with Crippen molar-refractivity contribution in [3.63, 3.8) is 0 Å². The van der Waals surface area contributed by atoms with Gasteiger partial charge < -0.3 is 5.32 Å². The summed E-state index contributed by atoms with van der Waals surface area (Å²) in [7, 11) is 2.02. The lowest BCUT2D eigenvalue weighted by Gasteiger charge is -2.18. The molecule has 0 aliphatic heterocycles. The van der Waals surface area contributed by atoms with E-state index in [2.05, 4.69) is 61.4 Å². The Morgan fingerprint density at radius 1 is 1.10 bits per heavy atom. The molecule has 0 amide bonds. The predicted octanol–water partition coefficient (Wildman–Crippen LogP) is 3.76. The number of hydrogen-bond acceptors (Lipinski definition) is 2. The van der Waals surface area contributed by atoms with Crippen molar-refractivity contribution >= 4 is 0 Å². The van der Waals surface area contributed by atoms with Gasteiger partial charge in [-0.2, -0.15) is 0 Å². The summed E-state index contributed by atoms with van der Waals surface area (Å²) >= 11 is 0. The monoisotopic (exact) mass is 268 g/mol. The van der Waals surface area contributed by atoms with Crippen LogP contribution in [-0.2, 0) is 12.8 Å². The Hall–Kier alpha value is -1.67. The summed E-state index contributed by atoms with van der Waals surface area (Å²) in [6, 6.07) is 11.4. The van der Waals surface area contributed by atoms with Gasteiger partial charge in [-0.05, 0) is 44.5 Å². The van der Waals surface area contributed by atoms with E-state index in [1.165, 1.54) is 22.3 Å². The summed E-state index contributed by atoms with van der Waals surface area (Å²) in [4.78, 5) is 4.57. The number of benzene rings is 1. The number of likely N-dealkylation sites (N-methyl/N-ethyl adjacent to an activating group) is 1. The van der Waals surface area contributed by atoms with Crippen molar-refractivity contribution in [2.24, 2.45) is 0 Å². The predicted molar refractivity (Wildman–Crippen MR) is 85.0 cm³/mol. The first-order valence-corrected chi connectivity index (χ1v) is 7.31. The van der Waals surface area contributed by atoms with Crippen LogP contribution in [0.2, 0.25) is 0 Å². The van der Waals surface area contributed by atoms with E-state index < -0.39 is 0 Å². The van der Waals surface area contributed by atoms with Crippen LogP contribution < -0.4 is 5.32 Å². The van der Waals surface area contributed by atoms with Gasteiger partial charge in [0.1, 0.15) is 0 Å². The highest BCUT2D eigenvalue weighted by molar-refractivity contribution is 5.31. The van der Waals surface area contributed by atoms with Gasteiger partial charge in [-0.25, -0.2) is 0 Å². The van der Waals surface area contributed by atoms with Crippen LogP contribution in [0.25, 0.3) is 0 Å². The Bertz CT molecular complexity index is 538. The number of rotatable bonds is 5. The first-order valence-electron chi connectivity index (χ1n) is 7.31. The molecule has 0 radical (unpaired) electrons. The first-order chi connectivity index (χ1) is 9.62. The second kappa shape index (κ2) is 6.67. The summed E-state index contributed by atoms with van der Waals surface area (Å²) in [5.74, 6) is 0. The highest BCUT2D eigenvalue weighted by Crippen LogP contribution is 2.20. The Morgan fingerprint density at radius 2 is 1.80 bits per heavy atom. The fourth-order valence-corrected chi connectivity index (χ4v) is 2.59. The molecule has 106 valence electrons. The maximum absolute atomic E-state index is 4.57. The van der Waals surface area contributed by atoms with Gasteiger partial charge in [-0.15, -0.1) is 0 Å². The van der Waals surface area contributed by atoms with E-state index >= 15 is 0 Å². The average Bonchev–Trinajstić information content (AvgIpc) is 2.44. The summed E-state index contributed by atoms with van der Waals surface area (Å²) in [6.45, 7) is 6.46. The standard InChI is InChI=1S/C18H24N2/c1-5-15-6-7-17(20-12-15)11-18(19-4)16-9-13(2)8-14(3)10-16/h6-10,12,18-19H,5,11H2,1-4H3. The van der Waals surface area contributed by atoms with Crippen molar-refractivity contribution in [3.05, 3.63) is 64.5 Å². The van der Waals surface area contributed by atoms with Crippen molar-refractivity contribution < 1.29 is 0 Å². The molecule has 2 aromatic rings. The zero-order valence-electron chi connectivity index (χ0n) is 12.9. The highest BCUT2D eigenvalue weighted by atomic mass is 14.9. The maximum atomic E-state index is 4.57. The first kappa shape index (κ1) is 14.7. The van der Waals surface area contributed by atoms with Crippen LogP contribution >= 0.6 is 0 Å². The summed E-state index contributed by atoms with van der Waals surface area (Å²) < 4.78 is 0. The smallest absolute Gasteiger partial charge is 0.0422 e. The maximum Gasteiger partial charge on any atom is 0.0422 e. The number of aromatic nitrogens is 1. The molecule has 0 aliphatic carbocycles. The van der Waals surface area contributed by atoms with E-state index in [1.54, 1.807) is 0 Å². The molecular formula is C18H24N2. The van der Waals surface area contributed by atoms with Gasteiger partial charge in [-0.3, -0.25) is 4.98 Å². The van der Waals surface area contributed by atoms with Crippen LogP contribution in [0.5, 0.6) is 0 Å². The van der Waals surface area contributed by atoms with Crippen molar-refractivity contribution in [1.82, 2.24) is 10.3 Å². The number of hydrogen-bond donors (Lipinski definition) is 1. The van der Waals surface area contributed by atoms with E-state index in [-0.39, 0.29) is 0 Å². The van der Waals surface area contributed by atoms with E-state index in [9.17, 15) is 0 Å². The van der Waals surface area contributed by atoms with Crippen molar-refractivity contribution in [3.8, 4) is 0 Å². The van der Waals surface area contributed by atoms with Crippen molar-refractivity contribution in [2.75, 3.05) is 7.05 Å². The van der Waals surface area contributed by atoms with Crippen molar-refractivity contribution in [1.29, 1.82) is 0 Å². The fraction of sp³-hybridized carbons (Fsp3) is 0.389. The van der Waals surface area contributed by atoms with Gasteiger partial charge in [0.05, 0.1) is 0 Å². The van der Waals surface area contributed by atoms with E-state index in [1.807, 2.05) is 13.2 Å². The van der Waals surface area contributed by atoms with Gasteiger partial charge in [0.2, 0.25) is 0 Å². The third-order valence-corrected chi connectivity index (χ3v) is 3.70. The molecule has 0 spiro atoms. The van der Waals surface area contributed by atoms with Gasteiger partial charge >= 0.3 is 0 Å². The summed E-state index contributed by atoms with van der Waals surface area (Å²) in [5.41, 5.74) is 6.40. The highest BCUT2D eigenvalue weighted by Gasteiger charge is 2.11. The van der Waals surface area contributed by atoms with Crippen LogP contribution in [0, 0.1) is 13.8 Å². The van der Waals surface area contributed by atoms with Gasteiger partial charge in [0, 0.05) is 24.4 Å². The second-order valence-electron chi connectivity index (χ2n) is 5.48. The molecule has 20 heavy (non-hydrogen) atoms. The molecule has 1 N–H and O–H groups in total. The topological polar surface area (TPSA) is 24.9 Å². The number of nitrogens with one attached hydrogen (secondary N) is 1. The normalized spacial score (nSPS) is 12.4. The number of nitrogens with zero attached hydrogens (tertiary/aromatic N) is 1. The van der Waals surface area contributed by atoms with E-state index in [0.29, 0.717) is 6.04 Å². The van der Waals surface area contributed by atoms with Crippen LogP contribution in [-0.4, -0.2) is 12.0 Å². The van der Waals surface area contributed by atoms with Gasteiger partial charge in [0.15, 0.2) is 0 Å². The lowest BCUT2D eigenvalue weighted by molar-refractivity contribution is 0.583. The Morgan fingerprint density at radius 3 is 2.30 bits per heavy atom. The second-order valence-corrected chi connectivity index (χ2v) is 5.48. The number of pyridine rings is 1. The van der Waals surface area contributed by atoms with Crippen LogP contribution in [0.4, 0.5) is 0 Å². The third kappa shape index (κ3) is 3.67. The molecule has 2 nitrogen and oxygen atoms in total. The molecule has 0 fully saturated rings. The zero-order valence-corrected chi connectivity index (χ0v) is 12.9. The summed E-state index contributed by atoms with van der Waals surface area (Å²) in [5, 5.41) is 3.41. The fourth-order valence-electron chi connectivity index (χ4n) is 2.59. The van der Waals surface area contributed by atoms with E-state index in [0.717, 1.165) is 18.5 Å². The largest absolute Gasteiger partial charge is 0.313 e. The van der Waals surface area contributed by atoms with Gasteiger partial charge in [0.25, 0.3) is 0 Å². The molecule has 0 saturated carbocycles. The van der Waals surface area contributed by atoms with Crippen LogP contribution in [0.1, 0.15) is 40.9 Å². The molecule has 0 bridgehead atoms. The van der Waals surface area contributed by atoms with Crippen LogP contribution in [0.15, 0.2) is 36.5 Å². The Balaban J connectivity index is 2.19. The molecule has 0 aliphatic rings.